The molecule has 0 aliphatic rings. The van der Waals surface area contributed by atoms with Gasteiger partial charge in [-0.1, -0.05) is 13.8 Å². The third kappa shape index (κ3) is 5.22. The van der Waals surface area contributed by atoms with Crippen LogP contribution >= 0.6 is 0 Å². The van der Waals surface area contributed by atoms with Crippen LogP contribution in [0.3, 0.4) is 0 Å². The first kappa shape index (κ1) is 24.7. The highest BCUT2D eigenvalue weighted by Crippen LogP contribution is 2.25. The molecule has 0 radical (unpaired) electrons. The predicted octanol–water partition coefficient (Wildman–Crippen LogP) is 3.49. The summed E-state index contributed by atoms with van der Waals surface area (Å²) in [6, 6.07) is 4.50. The summed E-state index contributed by atoms with van der Waals surface area (Å²) in [5.74, 6) is -1.56. The summed E-state index contributed by atoms with van der Waals surface area (Å²) in [5.41, 5.74) is 1.56. The van der Waals surface area contributed by atoms with Gasteiger partial charge in [0, 0.05) is 24.8 Å². The zero-order valence-electron chi connectivity index (χ0n) is 18.7. The summed E-state index contributed by atoms with van der Waals surface area (Å²) in [5, 5.41) is 0. The molecule has 0 bridgehead atoms. The van der Waals surface area contributed by atoms with Crippen molar-refractivity contribution in [3.8, 4) is 0 Å². The number of carbonyl (C=O) groups is 2. The highest BCUT2D eigenvalue weighted by molar-refractivity contribution is 7.89. The van der Waals surface area contributed by atoms with E-state index in [1.54, 1.807) is 32.4 Å². The van der Waals surface area contributed by atoms with Crippen LogP contribution in [0.1, 0.15) is 52.9 Å². The Kier molecular flexibility index (Phi) is 7.77. The van der Waals surface area contributed by atoms with Gasteiger partial charge in [0.2, 0.25) is 10.0 Å². The van der Waals surface area contributed by atoms with E-state index in [1.807, 2.05) is 13.8 Å². The van der Waals surface area contributed by atoms with Crippen molar-refractivity contribution < 1.29 is 27.1 Å². The second kappa shape index (κ2) is 9.74. The number of halogens is 1. The van der Waals surface area contributed by atoms with Crippen LogP contribution in [0.25, 0.3) is 0 Å². The first-order valence-electron chi connectivity index (χ1n) is 10.0. The van der Waals surface area contributed by atoms with Crippen molar-refractivity contribution >= 4 is 21.8 Å². The van der Waals surface area contributed by atoms with Gasteiger partial charge in [0.25, 0.3) is 0 Å². The standard InChI is InChI=1S/C22H29FN2O5S/c1-7-30-22(27)21-15(4)20(16(5)24(21)6)19(26)13-25(12-14(2)3)31(28,29)18-10-8-17(23)9-11-18/h8-11,14H,7,12-13H2,1-6H3. The van der Waals surface area contributed by atoms with Crippen LogP contribution in [0, 0.1) is 25.6 Å². The van der Waals surface area contributed by atoms with Crippen molar-refractivity contribution in [2.45, 2.75) is 39.5 Å². The highest BCUT2D eigenvalue weighted by Gasteiger charge is 2.31. The lowest BCUT2D eigenvalue weighted by Gasteiger charge is -2.23. The second-order valence-corrected chi connectivity index (χ2v) is 9.72. The first-order valence-corrected chi connectivity index (χ1v) is 11.5. The molecular formula is C22H29FN2O5S. The Morgan fingerprint density at radius 3 is 2.26 bits per heavy atom. The van der Waals surface area contributed by atoms with Gasteiger partial charge in [-0.25, -0.2) is 17.6 Å². The van der Waals surface area contributed by atoms with Gasteiger partial charge in [0.15, 0.2) is 5.78 Å². The summed E-state index contributed by atoms with van der Waals surface area (Å²) >= 11 is 0. The van der Waals surface area contributed by atoms with E-state index in [0.29, 0.717) is 16.8 Å². The molecular weight excluding hydrogens is 423 g/mol. The van der Waals surface area contributed by atoms with E-state index >= 15 is 0 Å². The molecule has 0 amide bonds. The van der Waals surface area contributed by atoms with Crippen LogP contribution in [0.15, 0.2) is 29.2 Å². The maximum absolute atomic E-state index is 13.3. The monoisotopic (exact) mass is 452 g/mol. The topological polar surface area (TPSA) is 85.7 Å². The van der Waals surface area contributed by atoms with Crippen LogP contribution in [-0.4, -0.2) is 48.7 Å². The summed E-state index contributed by atoms with van der Waals surface area (Å²) in [4.78, 5) is 25.5. The van der Waals surface area contributed by atoms with Crippen LogP contribution in [0.5, 0.6) is 0 Å². The van der Waals surface area contributed by atoms with Gasteiger partial charge in [0.05, 0.1) is 18.0 Å². The van der Waals surface area contributed by atoms with E-state index in [-0.39, 0.29) is 29.7 Å². The largest absolute Gasteiger partial charge is 0.461 e. The van der Waals surface area contributed by atoms with Crippen LogP contribution in [-0.2, 0) is 21.8 Å². The van der Waals surface area contributed by atoms with Crippen molar-refractivity contribution in [2.24, 2.45) is 13.0 Å². The smallest absolute Gasteiger partial charge is 0.355 e. The molecule has 7 nitrogen and oxygen atoms in total. The number of esters is 1. The molecule has 0 aliphatic carbocycles. The minimum Gasteiger partial charge on any atom is -0.461 e. The quantitative estimate of drug-likeness (QED) is 0.429. The summed E-state index contributed by atoms with van der Waals surface area (Å²) in [6.45, 7) is 8.64. The number of sulfonamides is 1. The number of Topliss-reactive ketones (excluding diaryl/α,β-unsaturated/α-hetero) is 1. The van der Waals surface area contributed by atoms with E-state index in [4.69, 9.17) is 4.74 Å². The number of carbonyl (C=O) groups excluding carboxylic acids is 2. The molecule has 2 aromatic rings. The highest BCUT2D eigenvalue weighted by atomic mass is 32.2. The van der Waals surface area contributed by atoms with Gasteiger partial charge in [0.1, 0.15) is 11.5 Å². The maximum atomic E-state index is 13.3. The lowest BCUT2D eigenvalue weighted by molar-refractivity contribution is 0.0514. The minimum atomic E-state index is -4.02. The number of nitrogens with zero attached hydrogens (tertiary/aromatic N) is 2. The average Bonchev–Trinajstić information content (AvgIpc) is 2.90. The molecule has 0 saturated carbocycles. The Morgan fingerprint density at radius 1 is 1.16 bits per heavy atom. The Bertz CT molecular complexity index is 1070. The van der Waals surface area contributed by atoms with Crippen molar-refractivity contribution in [3.63, 3.8) is 0 Å². The molecule has 1 heterocycles. The summed E-state index contributed by atoms with van der Waals surface area (Å²) in [7, 11) is -2.36. The maximum Gasteiger partial charge on any atom is 0.355 e. The fourth-order valence-electron chi connectivity index (χ4n) is 3.53. The van der Waals surface area contributed by atoms with Gasteiger partial charge in [-0.2, -0.15) is 4.31 Å². The molecule has 2 rings (SSSR count). The van der Waals surface area contributed by atoms with Crippen molar-refractivity contribution in [1.82, 2.24) is 8.87 Å². The fraction of sp³-hybridized carbons (Fsp3) is 0.455. The molecule has 170 valence electrons. The molecule has 1 aromatic heterocycles. The predicted molar refractivity (Wildman–Crippen MR) is 115 cm³/mol. The lowest BCUT2D eigenvalue weighted by atomic mass is 10.1. The van der Waals surface area contributed by atoms with E-state index in [2.05, 4.69) is 0 Å². The number of hydrogen-bond donors (Lipinski definition) is 0. The first-order chi connectivity index (χ1) is 14.4. The molecule has 0 spiro atoms. The number of benzene rings is 1. The molecule has 9 heteroatoms. The van der Waals surface area contributed by atoms with Crippen LogP contribution in [0.2, 0.25) is 0 Å². The van der Waals surface area contributed by atoms with Crippen LogP contribution < -0.4 is 0 Å². The number of ether oxygens (including phenoxy) is 1. The Balaban J connectivity index is 2.45. The number of rotatable bonds is 9. The third-order valence-electron chi connectivity index (χ3n) is 5.02. The SMILES string of the molecule is CCOC(=O)c1c(C)c(C(=O)CN(CC(C)C)S(=O)(=O)c2ccc(F)cc2)c(C)n1C. The molecule has 0 fully saturated rings. The average molecular weight is 453 g/mol. The minimum absolute atomic E-state index is 0.0453. The van der Waals surface area contributed by atoms with E-state index < -0.39 is 34.1 Å². The summed E-state index contributed by atoms with van der Waals surface area (Å²) < 4.78 is 47.3. The van der Waals surface area contributed by atoms with Crippen molar-refractivity contribution in [3.05, 3.63) is 52.6 Å². The lowest BCUT2D eigenvalue weighted by Crippen LogP contribution is -2.38. The molecule has 0 saturated heterocycles. The van der Waals surface area contributed by atoms with Gasteiger partial charge in [-0.15, -0.1) is 0 Å². The van der Waals surface area contributed by atoms with Gasteiger partial charge >= 0.3 is 5.97 Å². The molecule has 0 atom stereocenters. The number of aromatic nitrogens is 1. The molecule has 31 heavy (non-hydrogen) atoms. The molecule has 0 aliphatic heterocycles. The van der Waals surface area contributed by atoms with Crippen molar-refractivity contribution in [1.29, 1.82) is 0 Å². The Morgan fingerprint density at radius 2 is 1.74 bits per heavy atom. The normalized spacial score (nSPS) is 11.9. The molecule has 0 N–H and O–H groups in total. The zero-order chi connectivity index (χ0) is 23.5. The fourth-order valence-corrected chi connectivity index (χ4v) is 5.09. The van der Waals surface area contributed by atoms with Crippen molar-refractivity contribution in [2.75, 3.05) is 19.7 Å². The van der Waals surface area contributed by atoms with Gasteiger partial charge < -0.3 is 9.30 Å². The van der Waals surface area contributed by atoms with Gasteiger partial charge in [-0.05, 0) is 56.5 Å². The molecule has 1 aromatic carbocycles. The van der Waals surface area contributed by atoms with Gasteiger partial charge in [-0.3, -0.25) is 4.79 Å². The number of hydrogen-bond acceptors (Lipinski definition) is 5. The number of ketones is 1. The zero-order valence-corrected chi connectivity index (χ0v) is 19.5. The van der Waals surface area contributed by atoms with Crippen LogP contribution in [0.4, 0.5) is 4.39 Å². The third-order valence-corrected chi connectivity index (χ3v) is 6.84. The Hall–Kier alpha value is -2.52. The summed E-state index contributed by atoms with van der Waals surface area (Å²) in [6.07, 6.45) is 0. The Labute approximate surface area is 182 Å². The van der Waals surface area contributed by atoms with E-state index in [1.165, 1.54) is 12.1 Å². The second-order valence-electron chi connectivity index (χ2n) is 7.78. The van der Waals surface area contributed by atoms with E-state index in [0.717, 1.165) is 16.4 Å². The van der Waals surface area contributed by atoms with E-state index in [9.17, 15) is 22.4 Å². The molecule has 0 unspecified atom stereocenters.